The van der Waals surface area contributed by atoms with Crippen molar-refractivity contribution in [3.8, 4) is 11.8 Å². The molecule has 0 aliphatic heterocycles. The molecule has 0 fully saturated rings. The number of aryl methyl sites for hydroxylation is 1. The van der Waals surface area contributed by atoms with Gasteiger partial charge in [0.25, 0.3) is 0 Å². The topological polar surface area (TPSA) is 56.2 Å². The lowest BCUT2D eigenvalue weighted by Crippen LogP contribution is -2.32. The van der Waals surface area contributed by atoms with Gasteiger partial charge in [-0.3, -0.25) is 0 Å². The van der Waals surface area contributed by atoms with Crippen LogP contribution in [0.1, 0.15) is 32.9 Å². The van der Waals surface area contributed by atoms with Crippen molar-refractivity contribution in [2.45, 2.75) is 32.8 Å². The van der Waals surface area contributed by atoms with Gasteiger partial charge >= 0.3 is 6.09 Å². The Hall–Kier alpha value is -1.96. The van der Waals surface area contributed by atoms with Crippen LogP contribution in [0.3, 0.4) is 0 Å². The number of aromatic nitrogens is 2. The van der Waals surface area contributed by atoms with Crippen LogP contribution in [-0.2, 0) is 11.8 Å². The summed E-state index contributed by atoms with van der Waals surface area (Å²) >= 11 is 0. The van der Waals surface area contributed by atoms with Gasteiger partial charge in [-0.25, -0.2) is 9.78 Å². The third-order valence-electron chi connectivity index (χ3n) is 1.95. The van der Waals surface area contributed by atoms with E-state index in [9.17, 15) is 4.79 Å². The Kier molecular flexibility index (Phi) is 4.78. The van der Waals surface area contributed by atoms with Crippen LogP contribution in [0.4, 0.5) is 4.79 Å². The molecule has 1 N–H and O–H groups in total. The van der Waals surface area contributed by atoms with E-state index in [1.807, 2.05) is 32.4 Å². The van der Waals surface area contributed by atoms with Crippen LogP contribution in [-0.4, -0.2) is 27.8 Å². The number of imidazole rings is 1. The van der Waals surface area contributed by atoms with Crippen molar-refractivity contribution >= 4 is 6.09 Å². The van der Waals surface area contributed by atoms with Gasteiger partial charge in [0.05, 0.1) is 12.5 Å². The number of hydrogen-bond donors (Lipinski definition) is 1. The lowest BCUT2D eigenvalue weighted by atomic mass is 10.2. The first-order chi connectivity index (χ1) is 8.38. The molecule has 1 aromatic heterocycles. The van der Waals surface area contributed by atoms with Gasteiger partial charge < -0.3 is 14.6 Å². The highest BCUT2D eigenvalue weighted by molar-refractivity contribution is 5.67. The van der Waals surface area contributed by atoms with Crippen LogP contribution in [0.25, 0.3) is 0 Å². The molecule has 1 aromatic rings. The molecule has 5 heteroatoms. The molecule has 0 aliphatic rings. The normalized spacial score (nSPS) is 10.4. The van der Waals surface area contributed by atoms with Gasteiger partial charge in [-0.2, -0.15) is 0 Å². The van der Waals surface area contributed by atoms with Crippen LogP contribution >= 0.6 is 0 Å². The highest BCUT2D eigenvalue weighted by Crippen LogP contribution is 2.06. The Balaban J connectivity index is 2.26. The average molecular weight is 249 g/mol. The predicted molar refractivity (Wildman–Crippen MR) is 68.9 cm³/mol. The van der Waals surface area contributed by atoms with E-state index in [1.54, 1.807) is 12.5 Å². The summed E-state index contributed by atoms with van der Waals surface area (Å²) in [6.07, 6.45) is 3.56. The molecule has 0 saturated heterocycles. The maximum Gasteiger partial charge on any atom is 0.407 e. The van der Waals surface area contributed by atoms with Crippen molar-refractivity contribution in [2.75, 3.05) is 6.54 Å². The second kappa shape index (κ2) is 6.10. The molecule has 1 rings (SSSR count). The van der Waals surface area contributed by atoms with Gasteiger partial charge in [0.15, 0.2) is 0 Å². The van der Waals surface area contributed by atoms with Gasteiger partial charge in [-0.15, -0.1) is 0 Å². The number of alkyl carbamates (subject to hydrolysis) is 1. The van der Waals surface area contributed by atoms with Gasteiger partial charge in [-0.05, 0) is 26.7 Å². The van der Waals surface area contributed by atoms with Gasteiger partial charge in [0.1, 0.15) is 11.3 Å². The van der Waals surface area contributed by atoms with Crippen molar-refractivity contribution in [3.05, 3.63) is 18.2 Å². The van der Waals surface area contributed by atoms with Crippen molar-refractivity contribution in [3.63, 3.8) is 0 Å². The standard InChI is InChI=1S/C13H19N3O2/c1-13(2,3)18-12(17)15-8-6-5-7-11-9-14-10-16(11)4/h9-10H,6,8H2,1-4H3,(H,15,17). The van der Waals surface area contributed by atoms with E-state index in [0.29, 0.717) is 13.0 Å². The number of rotatable bonds is 2. The molecule has 0 aliphatic carbocycles. The molecule has 0 unspecified atom stereocenters. The van der Waals surface area contributed by atoms with E-state index in [2.05, 4.69) is 22.1 Å². The Morgan fingerprint density at radius 2 is 2.28 bits per heavy atom. The van der Waals surface area contributed by atoms with Gasteiger partial charge in [-0.1, -0.05) is 5.92 Å². The molecule has 0 spiro atoms. The number of nitrogens with one attached hydrogen (secondary N) is 1. The van der Waals surface area contributed by atoms with E-state index < -0.39 is 11.7 Å². The molecular weight excluding hydrogens is 230 g/mol. The Morgan fingerprint density at radius 1 is 1.56 bits per heavy atom. The number of carbonyl (C=O) groups excluding carboxylic acids is 1. The van der Waals surface area contributed by atoms with E-state index in [1.165, 1.54) is 0 Å². The monoisotopic (exact) mass is 249 g/mol. The van der Waals surface area contributed by atoms with E-state index in [4.69, 9.17) is 4.74 Å². The fourth-order valence-corrected chi connectivity index (χ4v) is 1.17. The first-order valence-corrected chi connectivity index (χ1v) is 5.80. The summed E-state index contributed by atoms with van der Waals surface area (Å²) in [5.74, 6) is 5.94. The molecule has 0 aromatic carbocycles. The SMILES string of the molecule is Cn1cncc1C#CCCNC(=O)OC(C)(C)C. The molecule has 0 saturated carbocycles. The van der Waals surface area contributed by atoms with Crippen molar-refractivity contribution in [2.24, 2.45) is 7.05 Å². The molecule has 1 amide bonds. The van der Waals surface area contributed by atoms with Gasteiger partial charge in [0, 0.05) is 20.0 Å². The summed E-state index contributed by atoms with van der Waals surface area (Å²) in [7, 11) is 1.88. The smallest absolute Gasteiger partial charge is 0.407 e. The Bertz CT molecular complexity index is 461. The molecule has 18 heavy (non-hydrogen) atoms. The maximum atomic E-state index is 11.3. The molecule has 1 heterocycles. The molecule has 0 radical (unpaired) electrons. The van der Waals surface area contributed by atoms with Crippen molar-refractivity contribution < 1.29 is 9.53 Å². The minimum Gasteiger partial charge on any atom is -0.444 e. The Labute approximate surface area is 108 Å². The van der Waals surface area contributed by atoms with Crippen LogP contribution in [0.5, 0.6) is 0 Å². The largest absolute Gasteiger partial charge is 0.444 e. The first kappa shape index (κ1) is 14.1. The predicted octanol–water partition coefficient (Wildman–Crippen LogP) is 1.69. The summed E-state index contributed by atoms with van der Waals surface area (Å²) in [4.78, 5) is 15.3. The lowest BCUT2D eigenvalue weighted by molar-refractivity contribution is 0.0529. The van der Waals surface area contributed by atoms with E-state index in [-0.39, 0.29) is 0 Å². The molecule has 98 valence electrons. The second-order valence-electron chi connectivity index (χ2n) is 4.87. The maximum absolute atomic E-state index is 11.3. The number of ether oxygens (including phenoxy) is 1. The minimum absolute atomic E-state index is 0.412. The van der Waals surface area contributed by atoms with Crippen LogP contribution in [0.15, 0.2) is 12.5 Å². The molecule has 5 nitrogen and oxygen atoms in total. The molecule has 0 bridgehead atoms. The fraction of sp³-hybridized carbons (Fsp3) is 0.538. The van der Waals surface area contributed by atoms with E-state index in [0.717, 1.165) is 5.69 Å². The average Bonchev–Trinajstić information content (AvgIpc) is 2.61. The third kappa shape index (κ3) is 5.39. The lowest BCUT2D eigenvalue weighted by Gasteiger charge is -2.19. The summed E-state index contributed by atoms with van der Waals surface area (Å²) < 4.78 is 6.94. The molecule has 0 atom stereocenters. The number of nitrogens with zero attached hydrogens (tertiary/aromatic N) is 2. The number of carbonyl (C=O) groups is 1. The second-order valence-corrected chi connectivity index (χ2v) is 4.87. The summed E-state index contributed by atoms with van der Waals surface area (Å²) in [6.45, 7) is 5.96. The summed E-state index contributed by atoms with van der Waals surface area (Å²) in [5, 5.41) is 2.65. The molecular formula is C13H19N3O2. The zero-order valence-electron chi connectivity index (χ0n) is 11.3. The highest BCUT2D eigenvalue weighted by atomic mass is 16.6. The van der Waals surface area contributed by atoms with Crippen molar-refractivity contribution in [1.29, 1.82) is 0 Å². The van der Waals surface area contributed by atoms with Crippen LogP contribution in [0, 0.1) is 11.8 Å². The number of amides is 1. The summed E-state index contributed by atoms with van der Waals surface area (Å²) in [6, 6.07) is 0. The van der Waals surface area contributed by atoms with Crippen molar-refractivity contribution in [1.82, 2.24) is 14.9 Å². The first-order valence-electron chi connectivity index (χ1n) is 5.80. The summed E-state index contributed by atoms with van der Waals surface area (Å²) in [5.41, 5.74) is 0.386. The van der Waals surface area contributed by atoms with Crippen LogP contribution < -0.4 is 5.32 Å². The zero-order chi connectivity index (χ0) is 13.6. The van der Waals surface area contributed by atoms with Gasteiger partial charge in [0.2, 0.25) is 0 Å². The minimum atomic E-state index is -0.468. The third-order valence-corrected chi connectivity index (χ3v) is 1.95. The van der Waals surface area contributed by atoms with Crippen LogP contribution in [0.2, 0.25) is 0 Å². The van der Waals surface area contributed by atoms with E-state index >= 15 is 0 Å². The Morgan fingerprint density at radius 3 is 2.83 bits per heavy atom. The number of hydrogen-bond acceptors (Lipinski definition) is 3. The zero-order valence-corrected chi connectivity index (χ0v) is 11.3. The fourth-order valence-electron chi connectivity index (χ4n) is 1.17. The highest BCUT2D eigenvalue weighted by Gasteiger charge is 2.15. The quantitative estimate of drug-likeness (QED) is 0.641.